The summed E-state index contributed by atoms with van der Waals surface area (Å²) in [7, 11) is 0. The van der Waals surface area contributed by atoms with Gasteiger partial charge in [-0.05, 0) is 74.3 Å². The van der Waals surface area contributed by atoms with E-state index < -0.39 is 6.36 Å². The smallest absolute Gasteiger partial charge is 0.483 e. The van der Waals surface area contributed by atoms with Gasteiger partial charge in [0.15, 0.2) is 0 Å². The van der Waals surface area contributed by atoms with Gasteiger partial charge in [-0.1, -0.05) is 36.8 Å². The van der Waals surface area contributed by atoms with Crippen molar-refractivity contribution in [2.45, 2.75) is 57.3 Å². The third-order valence-corrected chi connectivity index (χ3v) is 6.93. The van der Waals surface area contributed by atoms with Crippen LogP contribution in [-0.4, -0.2) is 43.0 Å². The lowest BCUT2D eigenvalue weighted by Gasteiger charge is -2.34. The highest BCUT2D eigenvalue weighted by Gasteiger charge is 2.33. The molecule has 2 aromatic rings. The number of amides is 1. The highest BCUT2D eigenvalue weighted by Crippen LogP contribution is 2.31. The summed E-state index contributed by atoms with van der Waals surface area (Å²) in [5.41, 5.74) is 2.19. The summed E-state index contributed by atoms with van der Waals surface area (Å²) < 4.78 is 40.9. The molecule has 0 bridgehead atoms. The fourth-order valence-corrected chi connectivity index (χ4v) is 5.13. The van der Waals surface area contributed by atoms with E-state index in [-0.39, 0.29) is 30.1 Å². The number of aryl methyl sites for hydroxylation is 1. The summed E-state index contributed by atoms with van der Waals surface area (Å²) in [5.74, 6) is 0.454. The van der Waals surface area contributed by atoms with Crippen LogP contribution in [0, 0.1) is 11.8 Å². The molecule has 1 saturated carbocycles. The number of benzene rings is 2. The molecular weight excluding hydrogens is 473 g/mol. The molecule has 196 valence electrons. The number of alkyl halides is 3. The molecule has 36 heavy (non-hydrogen) atoms. The predicted octanol–water partition coefficient (Wildman–Crippen LogP) is 5.42. The molecule has 1 amide bonds. The molecule has 6 nitrogen and oxygen atoms in total. The van der Waals surface area contributed by atoms with Crippen molar-refractivity contribution in [1.82, 2.24) is 5.32 Å². The van der Waals surface area contributed by atoms with E-state index in [0.717, 1.165) is 44.2 Å². The van der Waals surface area contributed by atoms with Crippen molar-refractivity contribution in [2.24, 2.45) is 11.8 Å². The Bertz CT molecular complexity index is 946. The van der Waals surface area contributed by atoms with Crippen LogP contribution in [0.15, 0.2) is 54.6 Å². The van der Waals surface area contributed by atoms with Crippen molar-refractivity contribution in [2.75, 3.05) is 18.0 Å². The minimum Gasteiger partial charge on any atom is -0.483 e. The van der Waals surface area contributed by atoms with Crippen molar-refractivity contribution in [3.63, 3.8) is 0 Å². The SMILES string of the molecule is O=C(N[C@H]1CCC[C@H]1CCc1ccccc1)C1CCN(c2ccc(OC(F)(F)F)cc2)CC1.O=CO. The molecule has 2 N–H and O–H groups in total. The van der Waals surface area contributed by atoms with Gasteiger partial charge in [0, 0.05) is 30.7 Å². The summed E-state index contributed by atoms with van der Waals surface area (Å²) in [6, 6.07) is 16.7. The van der Waals surface area contributed by atoms with Crippen LogP contribution < -0.4 is 15.0 Å². The van der Waals surface area contributed by atoms with Gasteiger partial charge in [0.2, 0.25) is 5.91 Å². The second-order valence-corrected chi connectivity index (χ2v) is 9.24. The highest BCUT2D eigenvalue weighted by molar-refractivity contribution is 5.79. The highest BCUT2D eigenvalue weighted by atomic mass is 19.4. The molecule has 2 fully saturated rings. The number of ether oxygens (including phenoxy) is 1. The second-order valence-electron chi connectivity index (χ2n) is 9.24. The van der Waals surface area contributed by atoms with Crippen molar-refractivity contribution < 1.29 is 32.6 Å². The number of nitrogens with one attached hydrogen (secondary N) is 1. The van der Waals surface area contributed by atoms with E-state index in [0.29, 0.717) is 19.0 Å². The van der Waals surface area contributed by atoms with E-state index in [1.165, 1.54) is 24.1 Å². The van der Waals surface area contributed by atoms with E-state index in [2.05, 4.69) is 39.2 Å². The Hall–Kier alpha value is -3.23. The maximum Gasteiger partial charge on any atom is 0.573 e. The Labute approximate surface area is 209 Å². The number of carbonyl (C=O) groups excluding carboxylic acids is 1. The van der Waals surface area contributed by atoms with E-state index in [9.17, 15) is 18.0 Å². The van der Waals surface area contributed by atoms with Crippen LogP contribution in [0.5, 0.6) is 5.75 Å². The Kier molecular flexibility index (Phi) is 10.0. The number of nitrogens with zero attached hydrogens (tertiary/aromatic N) is 1. The van der Waals surface area contributed by atoms with Crippen molar-refractivity contribution >= 4 is 18.1 Å². The van der Waals surface area contributed by atoms with Crippen LogP contribution in [-0.2, 0) is 16.0 Å². The van der Waals surface area contributed by atoms with Crippen LogP contribution in [0.3, 0.4) is 0 Å². The quantitative estimate of drug-likeness (QED) is 0.491. The lowest BCUT2D eigenvalue weighted by atomic mass is 9.92. The zero-order chi connectivity index (χ0) is 26.0. The summed E-state index contributed by atoms with van der Waals surface area (Å²) in [5, 5.41) is 10.2. The van der Waals surface area contributed by atoms with E-state index in [1.54, 1.807) is 12.1 Å². The lowest BCUT2D eigenvalue weighted by Crippen LogP contribution is -2.45. The number of rotatable bonds is 7. The first kappa shape index (κ1) is 27.4. The molecule has 1 saturated heterocycles. The fourth-order valence-electron chi connectivity index (χ4n) is 5.13. The number of carbonyl (C=O) groups is 2. The molecule has 2 aromatic carbocycles. The molecule has 1 aliphatic carbocycles. The first-order chi connectivity index (χ1) is 17.3. The Morgan fingerprint density at radius 1 is 1.03 bits per heavy atom. The molecule has 9 heteroatoms. The van der Waals surface area contributed by atoms with Gasteiger partial charge in [-0.2, -0.15) is 0 Å². The number of hydrogen-bond acceptors (Lipinski definition) is 4. The molecule has 0 aromatic heterocycles. The molecule has 4 rings (SSSR count). The molecule has 1 heterocycles. The Morgan fingerprint density at radius 3 is 2.28 bits per heavy atom. The van der Waals surface area contributed by atoms with Crippen LogP contribution in [0.4, 0.5) is 18.9 Å². The molecular formula is C27H33F3N2O4. The minimum atomic E-state index is -4.69. The second kappa shape index (κ2) is 13.2. The number of hydrogen-bond donors (Lipinski definition) is 2. The van der Waals surface area contributed by atoms with Crippen molar-refractivity contribution in [3.8, 4) is 5.75 Å². The summed E-state index contributed by atoms with van der Waals surface area (Å²) >= 11 is 0. The van der Waals surface area contributed by atoms with Crippen LogP contribution in [0.1, 0.15) is 44.1 Å². The van der Waals surface area contributed by atoms with E-state index in [4.69, 9.17) is 9.90 Å². The van der Waals surface area contributed by atoms with Gasteiger partial charge in [-0.3, -0.25) is 9.59 Å². The zero-order valence-electron chi connectivity index (χ0n) is 20.1. The van der Waals surface area contributed by atoms with Crippen LogP contribution in [0.2, 0.25) is 0 Å². The van der Waals surface area contributed by atoms with Crippen LogP contribution in [0.25, 0.3) is 0 Å². The molecule has 2 aliphatic rings. The maximum atomic E-state index is 12.9. The van der Waals surface area contributed by atoms with E-state index in [1.807, 2.05) is 6.07 Å². The largest absolute Gasteiger partial charge is 0.573 e. The first-order valence-corrected chi connectivity index (χ1v) is 12.3. The predicted molar refractivity (Wildman–Crippen MR) is 131 cm³/mol. The summed E-state index contributed by atoms with van der Waals surface area (Å²) in [6.07, 6.45) is 2.33. The number of carboxylic acid groups (broad SMARTS) is 1. The fraction of sp³-hybridized carbons (Fsp3) is 0.481. The van der Waals surface area contributed by atoms with Gasteiger partial charge in [-0.25, -0.2) is 0 Å². The normalized spacial score (nSPS) is 20.2. The third-order valence-electron chi connectivity index (χ3n) is 6.93. The Balaban J connectivity index is 0.00000115. The number of halogens is 3. The third kappa shape index (κ3) is 8.46. The maximum absolute atomic E-state index is 12.9. The first-order valence-electron chi connectivity index (χ1n) is 12.3. The number of piperidine rings is 1. The minimum absolute atomic E-state index is 0.00976. The van der Waals surface area contributed by atoms with Crippen LogP contribution >= 0.6 is 0 Å². The molecule has 2 atom stereocenters. The van der Waals surface area contributed by atoms with Gasteiger partial charge < -0.3 is 20.1 Å². The zero-order valence-corrected chi connectivity index (χ0v) is 20.1. The van der Waals surface area contributed by atoms with Gasteiger partial charge in [0.1, 0.15) is 5.75 Å². The van der Waals surface area contributed by atoms with Gasteiger partial charge >= 0.3 is 6.36 Å². The molecule has 0 radical (unpaired) electrons. The topological polar surface area (TPSA) is 78.9 Å². The average molecular weight is 507 g/mol. The number of anilines is 1. The molecule has 1 aliphatic heterocycles. The Morgan fingerprint density at radius 2 is 1.67 bits per heavy atom. The summed E-state index contributed by atoms with van der Waals surface area (Å²) in [6.45, 7) is 1.17. The van der Waals surface area contributed by atoms with Crippen molar-refractivity contribution in [3.05, 3.63) is 60.2 Å². The standard InChI is InChI=1S/C26H31F3N2O2.CH2O2/c27-26(28,29)33-23-13-11-22(12-14-23)31-17-15-21(16-18-31)25(32)30-24-8-4-7-20(24)10-9-19-5-2-1-3-6-19;2-1-3/h1-3,5-6,11-14,20-21,24H,4,7-10,15-18H2,(H,30,32);1H,(H,2,3)/t20-,24-;/m0./s1. The summed E-state index contributed by atoms with van der Waals surface area (Å²) in [4.78, 5) is 23.4. The molecule has 0 spiro atoms. The van der Waals surface area contributed by atoms with Gasteiger partial charge in [0.05, 0.1) is 0 Å². The average Bonchev–Trinajstić information content (AvgIpc) is 3.30. The monoisotopic (exact) mass is 506 g/mol. The van der Waals surface area contributed by atoms with Gasteiger partial charge in [-0.15, -0.1) is 13.2 Å². The van der Waals surface area contributed by atoms with E-state index >= 15 is 0 Å². The van der Waals surface area contributed by atoms with Crippen molar-refractivity contribution in [1.29, 1.82) is 0 Å². The lowest BCUT2D eigenvalue weighted by molar-refractivity contribution is -0.274. The van der Waals surface area contributed by atoms with Gasteiger partial charge in [0.25, 0.3) is 6.47 Å². The molecule has 0 unspecified atom stereocenters.